The van der Waals surface area contributed by atoms with Crippen LogP contribution in [0.2, 0.25) is 0 Å². The van der Waals surface area contributed by atoms with Crippen LogP contribution in [0.3, 0.4) is 0 Å². The van der Waals surface area contributed by atoms with Gasteiger partial charge in [-0.15, -0.1) is 0 Å². The van der Waals surface area contributed by atoms with Crippen molar-refractivity contribution in [1.29, 1.82) is 0 Å². The molecule has 0 N–H and O–H groups in total. The number of rotatable bonds is 3. The summed E-state index contributed by atoms with van der Waals surface area (Å²) in [7, 11) is 1.64. The third-order valence-electron chi connectivity index (χ3n) is 3.80. The molecule has 116 valence electrons. The van der Waals surface area contributed by atoms with Crippen LogP contribution < -0.4 is 4.74 Å². The maximum absolute atomic E-state index is 12.1. The number of hydrogen-bond donors (Lipinski definition) is 0. The Morgan fingerprint density at radius 2 is 1.78 bits per heavy atom. The van der Waals surface area contributed by atoms with E-state index < -0.39 is 0 Å². The monoisotopic (exact) mass is 306 g/mol. The van der Waals surface area contributed by atoms with E-state index in [2.05, 4.69) is 0 Å². The molecular formula is C20H18O3. The average Bonchev–Trinajstić information content (AvgIpc) is 2.89. The first-order chi connectivity index (χ1) is 11.1. The Balaban J connectivity index is 1.91. The minimum absolute atomic E-state index is 0.325. The van der Waals surface area contributed by atoms with Gasteiger partial charge < -0.3 is 9.47 Å². The van der Waals surface area contributed by atoms with Crippen LogP contribution in [0.25, 0.3) is 11.8 Å². The molecule has 0 fully saturated rings. The van der Waals surface area contributed by atoms with E-state index in [0.29, 0.717) is 11.3 Å². The van der Waals surface area contributed by atoms with E-state index in [-0.39, 0.29) is 5.97 Å². The van der Waals surface area contributed by atoms with E-state index in [1.54, 1.807) is 13.2 Å². The van der Waals surface area contributed by atoms with E-state index in [9.17, 15) is 4.79 Å². The second kappa shape index (κ2) is 6.13. The first-order valence-electron chi connectivity index (χ1n) is 7.44. The predicted molar refractivity (Wildman–Crippen MR) is 91.0 cm³/mol. The number of esters is 1. The smallest absolute Gasteiger partial charge is 0.343 e. The maximum atomic E-state index is 12.1. The number of benzene rings is 2. The molecule has 1 aliphatic heterocycles. The third-order valence-corrected chi connectivity index (χ3v) is 3.80. The Labute approximate surface area is 135 Å². The van der Waals surface area contributed by atoms with Gasteiger partial charge in [-0.3, -0.25) is 0 Å². The zero-order valence-corrected chi connectivity index (χ0v) is 13.4. The molecule has 1 heterocycles. The first kappa shape index (κ1) is 15.1. The van der Waals surface area contributed by atoms with E-state index >= 15 is 0 Å². The van der Waals surface area contributed by atoms with Crippen molar-refractivity contribution in [2.45, 2.75) is 13.8 Å². The second-order valence-electron chi connectivity index (χ2n) is 5.59. The van der Waals surface area contributed by atoms with Crippen molar-refractivity contribution in [3.8, 4) is 5.75 Å². The average molecular weight is 306 g/mol. The topological polar surface area (TPSA) is 35.5 Å². The molecule has 0 unspecified atom stereocenters. The van der Waals surface area contributed by atoms with Crippen molar-refractivity contribution in [3.63, 3.8) is 0 Å². The number of hydrogen-bond acceptors (Lipinski definition) is 3. The SMILES string of the molecule is COc1ccc(/C=C2\C=C(c3ccc(C)cc3)OC2=O)cc1C. The molecule has 0 saturated carbocycles. The fraction of sp³-hybridized carbons (Fsp3) is 0.150. The maximum Gasteiger partial charge on any atom is 0.343 e. The van der Waals surface area contributed by atoms with E-state index in [0.717, 1.165) is 22.4 Å². The normalized spacial score (nSPS) is 15.5. The predicted octanol–water partition coefficient (Wildman–Crippen LogP) is 4.29. The summed E-state index contributed by atoms with van der Waals surface area (Å²) in [4.78, 5) is 12.1. The van der Waals surface area contributed by atoms with Gasteiger partial charge in [0.15, 0.2) is 0 Å². The highest BCUT2D eigenvalue weighted by Crippen LogP contribution is 2.28. The van der Waals surface area contributed by atoms with Crippen LogP contribution in [0, 0.1) is 13.8 Å². The molecule has 0 radical (unpaired) electrons. The molecule has 3 heteroatoms. The lowest BCUT2D eigenvalue weighted by molar-refractivity contribution is -0.130. The van der Waals surface area contributed by atoms with Crippen molar-refractivity contribution in [1.82, 2.24) is 0 Å². The molecule has 0 aliphatic carbocycles. The molecule has 23 heavy (non-hydrogen) atoms. The highest BCUT2D eigenvalue weighted by Gasteiger charge is 2.21. The van der Waals surface area contributed by atoms with Crippen LogP contribution in [0.1, 0.15) is 22.3 Å². The van der Waals surface area contributed by atoms with Gasteiger partial charge in [0.1, 0.15) is 11.5 Å². The highest BCUT2D eigenvalue weighted by molar-refractivity contribution is 6.05. The largest absolute Gasteiger partial charge is 0.496 e. The fourth-order valence-electron chi connectivity index (χ4n) is 2.52. The van der Waals surface area contributed by atoms with Crippen molar-refractivity contribution in [2.24, 2.45) is 0 Å². The van der Waals surface area contributed by atoms with Crippen molar-refractivity contribution in [3.05, 3.63) is 76.4 Å². The standard InChI is InChI=1S/C20H18O3/c1-13-4-7-16(8-5-13)19-12-17(20(21)23-19)11-15-6-9-18(22-3)14(2)10-15/h4-12H,1-3H3/b17-11+. The van der Waals surface area contributed by atoms with Crippen LogP contribution in [0.5, 0.6) is 5.75 Å². The Bertz CT molecular complexity index is 811. The van der Waals surface area contributed by atoms with Gasteiger partial charge in [0, 0.05) is 5.56 Å². The summed E-state index contributed by atoms with van der Waals surface area (Å²) < 4.78 is 10.6. The van der Waals surface area contributed by atoms with Gasteiger partial charge in [0.25, 0.3) is 0 Å². The van der Waals surface area contributed by atoms with E-state index in [1.807, 2.05) is 62.4 Å². The lowest BCUT2D eigenvalue weighted by Gasteiger charge is -2.04. The van der Waals surface area contributed by atoms with Crippen LogP contribution in [0.15, 0.2) is 54.1 Å². The van der Waals surface area contributed by atoms with Gasteiger partial charge in [0.2, 0.25) is 0 Å². The summed E-state index contributed by atoms with van der Waals surface area (Å²) in [5.74, 6) is 1.09. The number of ether oxygens (including phenoxy) is 2. The molecule has 0 amide bonds. The highest BCUT2D eigenvalue weighted by atomic mass is 16.5. The van der Waals surface area contributed by atoms with Crippen molar-refractivity contribution < 1.29 is 14.3 Å². The zero-order valence-electron chi connectivity index (χ0n) is 13.4. The van der Waals surface area contributed by atoms with E-state index in [1.165, 1.54) is 5.56 Å². The van der Waals surface area contributed by atoms with Crippen molar-refractivity contribution in [2.75, 3.05) is 7.11 Å². The Kier molecular flexibility index (Phi) is 4.02. The molecule has 0 bridgehead atoms. The molecule has 2 aromatic rings. The summed E-state index contributed by atoms with van der Waals surface area (Å²) in [6.07, 6.45) is 3.61. The number of carbonyl (C=O) groups excluding carboxylic acids is 1. The number of cyclic esters (lactones) is 1. The Morgan fingerprint density at radius 3 is 2.43 bits per heavy atom. The van der Waals surface area contributed by atoms with Gasteiger partial charge in [-0.25, -0.2) is 4.79 Å². The summed E-state index contributed by atoms with van der Waals surface area (Å²) in [6.45, 7) is 4.00. The number of aryl methyl sites for hydroxylation is 2. The van der Waals surface area contributed by atoms with Gasteiger partial charge in [-0.1, -0.05) is 35.9 Å². The van der Waals surface area contributed by atoms with Crippen LogP contribution in [0.4, 0.5) is 0 Å². The summed E-state index contributed by atoms with van der Waals surface area (Å²) >= 11 is 0. The zero-order chi connectivity index (χ0) is 16.4. The van der Waals surface area contributed by atoms with Gasteiger partial charge in [-0.2, -0.15) is 0 Å². The van der Waals surface area contributed by atoms with Crippen molar-refractivity contribution >= 4 is 17.8 Å². The molecular weight excluding hydrogens is 288 g/mol. The number of methoxy groups -OCH3 is 1. The van der Waals surface area contributed by atoms with Gasteiger partial charge >= 0.3 is 5.97 Å². The van der Waals surface area contributed by atoms with E-state index in [4.69, 9.17) is 9.47 Å². The molecule has 1 aliphatic rings. The Hall–Kier alpha value is -2.81. The molecule has 0 saturated heterocycles. The molecule has 2 aromatic carbocycles. The minimum atomic E-state index is -0.325. The summed E-state index contributed by atoms with van der Waals surface area (Å²) in [6, 6.07) is 13.7. The molecule has 3 rings (SSSR count). The van der Waals surface area contributed by atoms with Crippen LogP contribution >= 0.6 is 0 Å². The quantitative estimate of drug-likeness (QED) is 0.627. The number of carbonyl (C=O) groups is 1. The Morgan fingerprint density at radius 1 is 1.04 bits per heavy atom. The molecule has 3 nitrogen and oxygen atoms in total. The second-order valence-corrected chi connectivity index (χ2v) is 5.59. The third kappa shape index (κ3) is 3.19. The molecule has 0 spiro atoms. The fourth-order valence-corrected chi connectivity index (χ4v) is 2.52. The summed E-state index contributed by atoms with van der Waals surface area (Å²) in [5.41, 5.74) is 4.58. The summed E-state index contributed by atoms with van der Waals surface area (Å²) in [5, 5.41) is 0. The minimum Gasteiger partial charge on any atom is -0.496 e. The molecule has 0 atom stereocenters. The molecule has 0 aromatic heterocycles. The lowest BCUT2D eigenvalue weighted by atomic mass is 10.1. The first-order valence-corrected chi connectivity index (χ1v) is 7.44. The van der Waals surface area contributed by atoms with Gasteiger partial charge in [-0.05, 0) is 49.3 Å². The van der Waals surface area contributed by atoms with Crippen LogP contribution in [-0.4, -0.2) is 13.1 Å². The van der Waals surface area contributed by atoms with Crippen LogP contribution in [-0.2, 0) is 9.53 Å². The van der Waals surface area contributed by atoms with Gasteiger partial charge in [0.05, 0.1) is 12.7 Å². The lowest BCUT2D eigenvalue weighted by Crippen LogP contribution is -1.97.